The Morgan fingerprint density at radius 3 is 2.14 bits per heavy atom. The van der Waals surface area contributed by atoms with E-state index in [9.17, 15) is 13.2 Å². The first kappa shape index (κ1) is 21.6. The summed E-state index contributed by atoms with van der Waals surface area (Å²) in [5.74, 6) is -0.241. The highest BCUT2D eigenvalue weighted by Gasteiger charge is 2.51. The van der Waals surface area contributed by atoms with Crippen molar-refractivity contribution in [2.75, 3.05) is 6.26 Å². The molecule has 6 nitrogen and oxygen atoms in total. The van der Waals surface area contributed by atoms with Crippen LogP contribution in [0.15, 0.2) is 53.4 Å². The third-order valence-electron chi connectivity index (χ3n) is 5.48. The van der Waals surface area contributed by atoms with Crippen LogP contribution in [0.3, 0.4) is 0 Å². The van der Waals surface area contributed by atoms with Crippen molar-refractivity contribution in [3.63, 3.8) is 0 Å². The van der Waals surface area contributed by atoms with Crippen LogP contribution in [0.2, 0.25) is 0 Å². The van der Waals surface area contributed by atoms with E-state index in [0.717, 1.165) is 17.3 Å². The van der Waals surface area contributed by atoms with E-state index in [1.54, 1.807) is 30.3 Å². The first-order valence-corrected chi connectivity index (χ1v) is 11.3. The average molecular weight is 415 g/mol. The summed E-state index contributed by atoms with van der Waals surface area (Å²) < 4.78 is 35.4. The maximum atomic E-state index is 12.4. The van der Waals surface area contributed by atoms with Crippen LogP contribution in [0, 0.1) is 0 Å². The molecule has 29 heavy (non-hydrogen) atoms. The van der Waals surface area contributed by atoms with E-state index in [-0.39, 0.29) is 17.3 Å². The molecular weight excluding hydrogens is 389 g/mol. The molecule has 0 radical (unpaired) electrons. The van der Waals surface area contributed by atoms with Crippen LogP contribution in [0.25, 0.3) is 0 Å². The van der Waals surface area contributed by atoms with Crippen LogP contribution in [0.4, 0.5) is 0 Å². The van der Waals surface area contributed by atoms with Gasteiger partial charge in [-0.05, 0) is 63.0 Å². The highest BCUT2D eigenvalue weighted by atomic mass is 32.2. The van der Waals surface area contributed by atoms with Crippen LogP contribution in [-0.4, -0.2) is 38.9 Å². The van der Waals surface area contributed by atoms with E-state index in [1.165, 1.54) is 6.07 Å². The molecule has 0 saturated carbocycles. The lowest BCUT2D eigenvalue weighted by atomic mass is 9.79. The highest BCUT2D eigenvalue weighted by Crippen LogP contribution is 2.36. The van der Waals surface area contributed by atoms with Crippen LogP contribution >= 0.6 is 0 Å². The third-order valence-corrected chi connectivity index (χ3v) is 6.59. The first-order valence-electron chi connectivity index (χ1n) is 9.42. The molecule has 2 aromatic carbocycles. The van der Waals surface area contributed by atoms with Gasteiger partial charge in [0.15, 0.2) is 9.84 Å². The molecule has 154 valence electrons. The summed E-state index contributed by atoms with van der Waals surface area (Å²) in [5.41, 5.74) is 1.23. The Labute approximate surface area is 172 Å². The van der Waals surface area contributed by atoms with Gasteiger partial charge in [0.1, 0.15) is 0 Å². The van der Waals surface area contributed by atoms with Crippen LogP contribution in [-0.2, 0) is 25.7 Å². The van der Waals surface area contributed by atoms with E-state index in [0.29, 0.717) is 5.56 Å². The smallest absolute Gasteiger partial charge is 0.399 e. The fourth-order valence-corrected chi connectivity index (χ4v) is 3.63. The summed E-state index contributed by atoms with van der Waals surface area (Å²) in [4.78, 5) is 12.7. The molecule has 0 aliphatic carbocycles. The molecule has 3 rings (SSSR count). The van der Waals surface area contributed by atoms with Gasteiger partial charge in [-0.15, -0.1) is 0 Å². The van der Waals surface area contributed by atoms with Crippen molar-refractivity contribution in [2.24, 2.45) is 0 Å². The molecule has 0 spiro atoms. The molecule has 1 fully saturated rings. The van der Waals surface area contributed by atoms with Crippen molar-refractivity contribution in [1.29, 1.82) is 0 Å². The summed E-state index contributed by atoms with van der Waals surface area (Å²) in [6, 6.07) is 13.6. The van der Waals surface area contributed by atoms with Gasteiger partial charge in [-0.3, -0.25) is 4.79 Å². The Bertz CT molecular complexity index is 1000. The molecule has 0 unspecified atom stereocenters. The number of carbonyl (C=O) groups is 1. The molecule has 1 heterocycles. The van der Waals surface area contributed by atoms with Gasteiger partial charge in [-0.2, -0.15) is 0 Å². The standard InChI is InChI=1S/C21H26BNO5S/c1-20(2)21(3,4)28-22(27-20)17-11-9-16(10-12-17)19(24)23-14-15-7-6-8-18(13-15)29(5,25)26/h6-13H,14H2,1-5H3,(H,23,24). The second kappa shape index (κ2) is 7.59. The summed E-state index contributed by atoms with van der Waals surface area (Å²) in [6.07, 6.45) is 1.16. The fourth-order valence-electron chi connectivity index (χ4n) is 2.94. The van der Waals surface area contributed by atoms with E-state index in [2.05, 4.69) is 5.32 Å². The Balaban J connectivity index is 1.64. The molecular formula is C21H26BNO5S. The molecule has 1 aliphatic heterocycles. The van der Waals surface area contributed by atoms with Crippen molar-refractivity contribution >= 4 is 28.3 Å². The predicted octanol–water partition coefficient (Wildman–Crippen LogP) is 2.32. The van der Waals surface area contributed by atoms with Gasteiger partial charge >= 0.3 is 7.12 Å². The van der Waals surface area contributed by atoms with Crippen molar-refractivity contribution in [3.05, 3.63) is 59.7 Å². The van der Waals surface area contributed by atoms with E-state index < -0.39 is 28.2 Å². The summed E-state index contributed by atoms with van der Waals surface area (Å²) in [5, 5.41) is 2.81. The fraction of sp³-hybridized carbons (Fsp3) is 0.381. The molecule has 1 saturated heterocycles. The van der Waals surface area contributed by atoms with E-state index in [1.807, 2.05) is 39.8 Å². The van der Waals surface area contributed by atoms with Gasteiger partial charge in [0.2, 0.25) is 0 Å². The van der Waals surface area contributed by atoms with Gasteiger partial charge in [0.25, 0.3) is 5.91 Å². The first-order chi connectivity index (χ1) is 13.4. The number of amides is 1. The van der Waals surface area contributed by atoms with E-state index >= 15 is 0 Å². The van der Waals surface area contributed by atoms with Crippen molar-refractivity contribution < 1.29 is 22.5 Å². The third kappa shape index (κ3) is 4.71. The maximum absolute atomic E-state index is 12.4. The predicted molar refractivity (Wildman–Crippen MR) is 113 cm³/mol. The number of benzene rings is 2. The monoisotopic (exact) mass is 415 g/mol. The molecule has 1 N–H and O–H groups in total. The van der Waals surface area contributed by atoms with E-state index in [4.69, 9.17) is 9.31 Å². The largest absolute Gasteiger partial charge is 0.494 e. The lowest BCUT2D eigenvalue weighted by Crippen LogP contribution is -2.41. The topological polar surface area (TPSA) is 81.7 Å². The molecule has 2 aromatic rings. The minimum atomic E-state index is -3.28. The molecule has 0 atom stereocenters. The molecule has 1 amide bonds. The zero-order valence-corrected chi connectivity index (χ0v) is 18.2. The van der Waals surface area contributed by atoms with Gasteiger partial charge in [0.05, 0.1) is 16.1 Å². The second-order valence-electron chi connectivity index (χ2n) is 8.31. The number of nitrogens with one attached hydrogen (secondary N) is 1. The number of carbonyl (C=O) groups excluding carboxylic acids is 1. The van der Waals surface area contributed by atoms with Gasteiger partial charge in [-0.25, -0.2) is 8.42 Å². The van der Waals surface area contributed by atoms with Crippen LogP contribution < -0.4 is 10.8 Å². The zero-order chi connectivity index (χ0) is 21.4. The molecule has 8 heteroatoms. The van der Waals surface area contributed by atoms with Gasteiger partial charge in [0, 0.05) is 18.4 Å². The average Bonchev–Trinajstić information content (AvgIpc) is 2.87. The number of sulfone groups is 1. The summed E-state index contributed by atoms with van der Waals surface area (Å²) in [6.45, 7) is 8.21. The lowest BCUT2D eigenvalue weighted by molar-refractivity contribution is 0.00578. The minimum absolute atomic E-state index is 0.232. The van der Waals surface area contributed by atoms with Crippen molar-refractivity contribution in [1.82, 2.24) is 5.32 Å². The van der Waals surface area contributed by atoms with Gasteiger partial charge < -0.3 is 14.6 Å². The van der Waals surface area contributed by atoms with Crippen LogP contribution in [0.1, 0.15) is 43.6 Å². The molecule has 0 aromatic heterocycles. The normalized spacial score (nSPS) is 17.9. The Morgan fingerprint density at radius 2 is 1.59 bits per heavy atom. The minimum Gasteiger partial charge on any atom is -0.399 e. The number of hydrogen-bond acceptors (Lipinski definition) is 5. The summed E-state index contributed by atoms with van der Waals surface area (Å²) >= 11 is 0. The Hall–Kier alpha value is -2.16. The molecule has 0 bridgehead atoms. The molecule has 1 aliphatic rings. The van der Waals surface area contributed by atoms with Gasteiger partial charge in [-0.1, -0.05) is 24.3 Å². The zero-order valence-electron chi connectivity index (χ0n) is 17.4. The number of rotatable bonds is 5. The van der Waals surface area contributed by atoms with Crippen LogP contribution in [0.5, 0.6) is 0 Å². The SMILES string of the molecule is CC1(C)OB(c2ccc(C(=O)NCc3cccc(S(C)(=O)=O)c3)cc2)OC1(C)C. The van der Waals surface area contributed by atoms with Crippen molar-refractivity contribution in [3.8, 4) is 0 Å². The Kier molecular flexibility index (Phi) is 5.64. The number of hydrogen-bond donors (Lipinski definition) is 1. The highest BCUT2D eigenvalue weighted by molar-refractivity contribution is 7.90. The van der Waals surface area contributed by atoms with Crippen molar-refractivity contribution in [2.45, 2.75) is 50.3 Å². The quantitative estimate of drug-likeness (QED) is 0.759. The second-order valence-corrected chi connectivity index (χ2v) is 10.3. The lowest BCUT2D eigenvalue weighted by Gasteiger charge is -2.32. The Morgan fingerprint density at radius 1 is 1.00 bits per heavy atom. The summed E-state index contributed by atoms with van der Waals surface area (Å²) in [7, 11) is -3.76. The maximum Gasteiger partial charge on any atom is 0.494 e.